The van der Waals surface area contributed by atoms with Crippen LogP contribution in [0, 0.1) is 0 Å². The molecule has 134 valence electrons. The van der Waals surface area contributed by atoms with Crippen LogP contribution in [0.4, 0.5) is 5.69 Å². The molecule has 0 bridgehead atoms. The molecule has 5 heteroatoms. The third-order valence-electron chi connectivity index (χ3n) is 4.97. The predicted molar refractivity (Wildman–Crippen MR) is 103 cm³/mol. The Bertz CT molecular complexity index is 852. The van der Waals surface area contributed by atoms with Crippen molar-refractivity contribution in [3.8, 4) is 5.75 Å². The van der Waals surface area contributed by atoms with Gasteiger partial charge in [-0.05, 0) is 55.5 Å². The number of ketones is 1. The van der Waals surface area contributed by atoms with Gasteiger partial charge in [-0.3, -0.25) is 14.5 Å². The van der Waals surface area contributed by atoms with Crippen LogP contribution in [0.1, 0.15) is 43.4 Å². The standard InChI is InChI=1S/C21H21NO3S/c1-2-25-15-10-8-14(9-11-15)22-17-5-3-6-18(23)21(17)16(13-20(22)24)19-7-4-12-26-19/h4,7-12,16H,2-3,5-6,13H2,1H3. The Morgan fingerprint density at radius 2 is 1.96 bits per heavy atom. The number of anilines is 1. The van der Waals surface area contributed by atoms with Gasteiger partial charge in [0.1, 0.15) is 5.75 Å². The lowest BCUT2D eigenvalue weighted by Gasteiger charge is -2.38. The maximum absolute atomic E-state index is 13.0. The van der Waals surface area contributed by atoms with E-state index in [1.54, 1.807) is 16.2 Å². The fourth-order valence-corrected chi connectivity index (χ4v) is 4.72. The van der Waals surface area contributed by atoms with Crippen molar-refractivity contribution in [1.82, 2.24) is 0 Å². The summed E-state index contributed by atoms with van der Waals surface area (Å²) in [6.45, 7) is 2.55. The number of amides is 1. The Hall–Kier alpha value is -2.40. The average Bonchev–Trinajstić information content (AvgIpc) is 3.17. The van der Waals surface area contributed by atoms with Crippen LogP contribution in [0.15, 0.2) is 53.0 Å². The average molecular weight is 367 g/mol. The van der Waals surface area contributed by atoms with E-state index in [2.05, 4.69) is 0 Å². The van der Waals surface area contributed by atoms with Crippen molar-refractivity contribution in [2.75, 3.05) is 11.5 Å². The predicted octanol–water partition coefficient (Wildman–Crippen LogP) is 4.67. The molecule has 1 aromatic heterocycles. The Balaban J connectivity index is 1.77. The van der Waals surface area contributed by atoms with Gasteiger partial charge in [0.2, 0.25) is 5.91 Å². The fourth-order valence-electron chi connectivity index (χ4n) is 3.88. The minimum atomic E-state index is -0.0933. The lowest BCUT2D eigenvalue weighted by molar-refractivity contribution is -0.119. The van der Waals surface area contributed by atoms with Gasteiger partial charge in [-0.1, -0.05) is 6.07 Å². The van der Waals surface area contributed by atoms with E-state index in [9.17, 15) is 9.59 Å². The van der Waals surface area contributed by atoms with Crippen LogP contribution in [0.3, 0.4) is 0 Å². The van der Waals surface area contributed by atoms with E-state index in [1.165, 1.54) is 0 Å². The first-order chi connectivity index (χ1) is 12.7. The first-order valence-electron chi connectivity index (χ1n) is 9.04. The second-order valence-corrected chi connectivity index (χ2v) is 7.54. The van der Waals surface area contributed by atoms with Crippen molar-refractivity contribution < 1.29 is 14.3 Å². The van der Waals surface area contributed by atoms with Gasteiger partial charge < -0.3 is 4.74 Å². The van der Waals surface area contributed by atoms with Crippen molar-refractivity contribution in [2.45, 2.75) is 38.5 Å². The van der Waals surface area contributed by atoms with E-state index < -0.39 is 0 Å². The van der Waals surface area contributed by atoms with Crippen molar-refractivity contribution in [1.29, 1.82) is 0 Å². The number of benzene rings is 1. The van der Waals surface area contributed by atoms with Crippen molar-refractivity contribution in [3.05, 3.63) is 57.9 Å². The number of hydrogen-bond donors (Lipinski definition) is 0. The molecular weight excluding hydrogens is 346 g/mol. The second kappa shape index (κ2) is 7.08. The number of allylic oxidation sites excluding steroid dienone is 2. The Morgan fingerprint density at radius 1 is 1.15 bits per heavy atom. The summed E-state index contributed by atoms with van der Waals surface area (Å²) in [7, 11) is 0. The molecule has 1 aromatic carbocycles. The molecule has 4 nitrogen and oxygen atoms in total. The van der Waals surface area contributed by atoms with E-state index in [1.807, 2.05) is 48.7 Å². The molecule has 2 aliphatic rings. The van der Waals surface area contributed by atoms with Crippen molar-refractivity contribution >= 4 is 28.7 Å². The van der Waals surface area contributed by atoms with Gasteiger partial charge in [-0.25, -0.2) is 0 Å². The molecule has 1 amide bonds. The molecule has 0 spiro atoms. The highest BCUT2D eigenvalue weighted by Crippen LogP contribution is 2.44. The fraction of sp³-hybridized carbons (Fsp3) is 0.333. The number of carbonyl (C=O) groups excluding carboxylic acids is 2. The smallest absolute Gasteiger partial charge is 0.232 e. The maximum atomic E-state index is 13.0. The van der Waals surface area contributed by atoms with Crippen LogP contribution in [0.2, 0.25) is 0 Å². The lowest BCUT2D eigenvalue weighted by Crippen LogP contribution is -2.40. The quantitative estimate of drug-likeness (QED) is 0.789. The van der Waals surface area contributed by atoms with Gasteiger partial charge in [0.15, 0.2) is 5.78 Å². The molecule has 4 rings (SSSR count). The molecule has 0 saturated heterocycles. The van der Waals surface area contributed by atoms with Gasteiger partial charge in [0.25, 0.3) is 0 Å². The van der Waals surface area contributed by atoms with E-state index in [4.69, 9.17) is 4.74 Å². The van der Waals surface area contributed by atoms with E-state index in [-0.39, 0.29) is 17.6 Å². The number of Topliss-reactive ketones (excluding diaryl/α,β-unsaturated/α-hetero) is 1. The second-order valence-electron chi connectivity index (χ2n) is 6.57. The molecule has 1 unspecified atom stereocenters. The number of nitrogens with zero attached hydrogens (tertiary/aromatic N) is 1. The maximum Gasteiger partial charge on any atom is 0.232 e. The molecule has 0 radical (unpaired) electrons. The van der Waals surface area contributed by atoms with Crippen LogP contribution in [-0.4, -0.2) is 18.3 Å². The van der Waals surface area contributed by atoms with Crippen molar-refractivity contribution in [2.24, 2.45) is 0 Å². The summed E-state index contributed by atoms with van der Waals surface area (Å²) in [5.41, 5.74) is 2.54. The minimum absolute atomic E-state index is 0.0565. The van der Waals surface area contributed by atoms with Crippen molar-refractivity contribution in [3.63, 3.8) is 0 Å². The summed E-state index contributed by atoms with van der Waals surface area (Å²) in [5, 5.41) is 2.01. The molecule has 26 heavy (non-hydrogen) atoms. The largest absolute Gasteiger partial charge is 0.494 e. The molecule has 0 fully saturated rings. The highest BCUT2D eigenvalue weighted by Gasteiger charge is 2.39. The lowest BCUT2D eigenvalue weighted by atomic mass is 9.79. The number of carbonyl (C=O) groups is 2. The zero-order valence-electron chi connectivity index (χ0n) is 14.7. The Kier molecular flexibility index (Phi) is 4.64. The molecule has 2 heterocycles. The van der Waals surface area contributed by atoms with Gasteiger partial charge in [0.05, 0.1) is 6.61 Å². The van der Waals surface area contributed by atoms with Crippen LogP contribution in [-0.2, 0) is 9.59 Å². The zero-order chi connectivity index (χ0) is 18.1. The summed E-state index contributed by atoms with van der Waals surface area (Å²) < 4.78 is 5.50. The highest BCUT2D eigenvalue weighted by molar-refractivity contribution is 7.10. The summed E-state index contributed by atoms with van der Waals surface area (Å²) >= 11 is 1.62. The van der Waals surface area contributed by atoms with Gasteiger partial charge >= 0.3 is 0 Å². The molecule has 1 aliphatic carbocycles. The number of hydrogen-bond acceptors (Lipinski definition) is 4. The van der Waals surface area contributed by atoms with Crippen LogP contribution in [0.25, 0.3) is 0 Å². The molecular formula is C21H21NO3S. The molecule has 0 N–H and O–H groups in total. The monoisotopic (exact) mass is 367 g/mol. The van der Waals surface area contributed by atoms with E-state index >= 15 is 0 Å². The summed E-state index contributed by atoms with van der Waals surface area (Å²) in [4.78, 5) is 28.6. The van der Waals surface area contributed by atoms with E-state index in [0.29, 0.717) is 19.4 Å². The van der Waals surface area contributed by atoms with Crippen LogP contribution in [0.5, 0.6) is 5.75 Å². The summed E-state index contributed by atoms with van der Waals surface area (Å²) in [6, 6.07) is 11.6. The topological polar surface area (TPSA) is 46.6 Å². The number of thiophene rings is 1. The third kappa shape index (κ3) is 2.97. The molecule has 1 aliphatic heterocycles. The van der Waals surface area contributed by atoms with Crippen LogP contribution < -0.4 is 9.64 Å². The summed E-state index contributed by atoms with van der Waals surface area (Å²) in [6.07, 6.45) is 2.49. The van der Waals surface area contributed by atoms with Crippen LogP contribution >= 0.6 is 11.3 Å². The minimum Gasteiger partial charge on any atom is -0.494 e. The zero-order valence-corrected chi connectivity index (χ0v) is 15.6. The highest BCUT2D eigenvalue weighted by atomic mass is 32.1. The summed E-state index contributed by atoms with van der Waals surface area (Å²) in [5.74, 6) is 0.935. The Morgan fingerprint density at radius 3 is 2.65 bits per heavy atom. The SMILES string of the molecule is CCOc1ccc(N2C(=O)CC(c3cccs3)C3=C2CCCC3=O)cc1. The number of rotatable bonds is 4. The first kappa shape index (κ1) is 17.0. The molecule has 0 saturated carbocycles. The third-order valence-corrected chi connectivity index (χ3v) is 5.95. The normalized spacial score (nSPS) is 20.3. The Labute approximate surface area is 157 Å². The van der Waals surface area contributed by atoms with E-state index in [0.717, 1.165) is 40.4 Å². The molecule has 2 aromatic rings. The van der Waals surface area contributed by atoms with Gasteiger partial charge in [0, 0.05) is 40.6 Å². The number of ether oxygens (including phenoxy) is 1. The van der Waals surface area contributed by atoms with Gasteiger partial charge in [-0.2, -0.15) is 0 Å². The van der Waals surface area contributed by atoms with Gasteiger partial charge in [-0.15, -0.1) is 11.3 Å². The molecule has 1 atom stereocenters. The first-order valence-corrected chi connectivity index (χ1v) is 9.92.